The van der Waals surface area contributed by atoms with Crippen molar-refractivity contribution in [1.82, 2.24) is 0 Å². The predicted octanol–water partition coefficient (Wildman–Crippen LogP) is -0.742. The van der Waals surface area contributed by atoms with Gasteiger partial charge in [0.2, 0.25) is 0 Å². The molecule has 0 heterocycles. The van der Waals surface area contributed by atoms with Crippen LogP contribution in [0, 0.1) is 0 Å². The molecule has 11 nitrogen and oxygen atoms in total. The van der Waals surface area contributed by atoms with Crippen molar-refractivity contribution in [1.29, 1.82) is 0 Å². The Morgan fingerprint density at radius 3 is 1.38 bits per heavy atom. The summed E-state index contributed by atoms with van der Waals surface area (Å²) in [5.74, 6) is -2.62. The van der Waals surface area contributed by atoms with Crippen molar-refractivity contribution in [3.8, 4) is 0 Å². The number of carbonyl (C=O) groups is 3. The average molecular weight is 374 g/mol. The van der Waals surface area contributed by atoms with Crippen LogP contribution >= 0.6 is 7.82 Å². The number of phosphoric acid groups is 1. The third kappa shape index (κ3) is 14.1. The monoisotopic (exact) mass is 374 g/mol. The summed E-state index contributed by atoms with van der Waals surface area (Å²) in [6.45, 7) is 4.97. The van der Waals surface area contributed by atoms with Crippen LogP contribution in [0.1, 0.15) is 33.6 Å². The van der Waals surface area contributed by atoms with Gasteiger partial charge >= 0.3 is 25.7 Å². The van der Waals surface area contributed by atoms with Gasteiger partial charge in [-0.25, -0.2) is 9.36 Å². The largest absolute Gasteiger partial charge is 0.466 e. The van der Waals surface area contributed by atoms with Crippen LogP contribution in [0.5, 0.6) is 0 Å². The molecular weight excluding hydrogens is 351 g/mol. The predicted molar refractivity (Wildman–Crippen MR) is 78.3 cm³/mol. The molecule has 0 aromatic carbocycles. The first-order valence-corrected chi connectivity index (χ1v) is 8.45. The molecule has 0 aromatic rings. The van der Waals surface area contributed by atoms with Gasteiger partial charge in [0.1, 0.15) is 0 Å². The van der Waals surface area contributed by atoms with Crippen LogP contribution in [-0.4, -0.2) is 63.1 Å². The minimum absolute atomic E-state index is 0.0206. The highest BCUT2D eigenvalue weighted by atomic mass is 31.2. The van der Waals surface area contributed by atoms with Crippen molar-refractivity contribution < 1.29 is 52.9 Å². The molecular formula is C12H23O11P. The number of aliphatic hydroxyl groups is 1. The van der Waals surface area contributed by atoms with Crippen molar-refractivity contribution in [3.63, 3.8) is 0 Å². The molecule has 0 aliphatic carbocycles. The summed E-state index contributed by atoms with van der Waals surface area (Å²) in [5.41, 5.74) is -2.26. The second-order valence-electron chi connectivity index (χ2n) is 4.23. The average Bonchev–Trinajstić information content (AvgIpc) is 2.36. The number of hydrogen-bond donors (Lipinski definition) is 4. The molecule has 0 saturated heterocycles. The van der Waals surface area contributed by atoms with E-state index in [0.717, 1.165) is 0 Å². The Labute approximate surface area is 138 Å². The third-order valence-corrected chi connectivity index (χ3v) is 2.14. The van der Waals surface area contributed by atoms with Gasteiger partial charge in [0.25, 0.3) is 0 Å². The Balaban J connectivity index is 0. The van der Waals surface area contributed by atoms with Crippen LogP contribution in [0.3, 0.4) is 0 Å². The van der Waals surface area contributed by atoms with Gasteiger partial charge in [-0.2, -0.15) is 0 Å². The highest BCUT2D eigenvalue weighted by molar-refractivity contribution is 7.45. The lowest BCUT2D eigenvalue weighted by atomic mass is 9.95. The lowest BCUT2D eigenvalue weighted by molar-refractivity contribution is -0.177. The highest BCUT2D eigenvalue weighted by Crippen LogP contribution is 2.25. The Bertz CT molecular complexity index is 428. The molecule has 0 unspecified atom stereocenters. The molecule has 0 amide bonds. The molecule has 0 aliphatic rings. The lowest BCUT2D eigenvalue weighted by Gasteiger charge is -2.23. The second-order valence-corrected chi connectivity index (χ2v) is 5.26. The van der Waals surface area contributed by atoms with Crippen LogP contribution in [-0.2, 0) is 33.2 Å². The number of esters is 3. The molecule has 0 spiro atoms. The van der Waals surface area contributed by atoms with Crippen molar-refractivity contribution in [2.75, 3.05) is 19.8 Å². The first kappa shape index (κ1) is 24.7. The first-order valence-electron chi connectivity index (χ1n) is 6.88. The van der Waals surface area contributed by atoms with E-state index in [-0.39, 0.29) is 19.8 Å². The summed E-state index contributed by atoms with van der Waals surface area (Å²) in [5, 5.41) is 10.1. The fraction of sp³-hybridized carbons (Fsp3) is 0.750. The number of hydrogen-bond acceptors (Lipinski definition) is 8. The summed E-state index contributed by atoms with van der Waals surface area (Å²) in [4.78, 5) is 55.9. The van der Waals surface area contributed by atoms with Gasteiger partial charge in [-0.05, 0) is 20.8 Å². The minimum Gasteiger partial charge on any atom is -0.466 e. The molecule has 0 rings (SSSR count). The molecule has 0 bridgehead atoms. The van der Waals surface area contributed by atoms with E-state index in [4.69, 9.17) is 19.2 Å². The third-order valence-electron chi connectivity index (χ3n) is 2.14. The molecule has 142 valence electrons. The maximum absolute atomic E-state index is 11.7. The van der Waals surface area contributed by atoms with Gasteiger partial charge in [-0.1, -0.05) is 0 Å². The minimum atomic E-state index is -4.64. The number of carbonyl (C=O) groups excluding carboxylic acids is 3. The van der Waals surface area contributed by atoms with E-state index in [0.29, 0.717) is 0 Å². The first-order chi connectivity index (χ1) is 10.9. The van der Waals surface area contributed by atoms with E-state index in [1.165, 1.54) is 0 Å². The van der Waals surface area contributed by atoms with Gasteiger partial charge in [-0.15, -0.1) is 0 Å². The Hall–Kier alpha value is -1.52. The summed E-state index contributed by atoms with van der Waals surface area (Å²) < 4.78 is 22.8. The van der Waals surface area contributed by atoms with Crippen molar-refractivity contribution >= 4 is 25.7 Å². The Morgan fingerprint density at radius 1 is 0.833 bits per heavy atom. The Kier molecular flexibility index (Phi) is 12.3. The van der Waals surface area contributed by atoms with Crippen LogP contribution < -0.4 is 0 Å². The molecule has 0 fully saturated rings. The molecule has 0 radical (unpaired) electrons. The SMILES string of the molecule is CCOC(=O)CC(O)(CC(=O)OCC)C(=O)OCC.O=P(O)(O)O. The summed E-state index contributed by atoms with van der Waals surface area (Å²) in [6, 6.07) is 0. The van der Waals surface area contributed by atoms with Gasteiger partial charge in [0.05, 0.1) is 32.7 Å². The summed E-state index contributed by atoms with van der Waals surface area (Å²) in [6.07, 6.45) is -1.31. The van der Waals surface area contributed by atoms with E-state index in [9.17, 15) is 19.5 Å². The summed E-state index contributed by atoms with van der Waals surface area (Å²) in [7, 11) is -4.64. The molecule has 12 heteroatoms. The van der Waals surface area contributed by atoms with Crippen LogP contribution in [0.15, 0.2) is 0 Å². The summed E-state index contributed by atoms with van der Waals surface area (Å²) >= 11 is 0. The molecule has 0 aromatic heterocycles. The molecule has 24 heavy (non-hydrogen) atoms. The van der Waals surface area contributed by atoms with Gasteiger partial charge < -0.3 is 34.0 Å². The zero-order valence-electron chi connectivity index (χ0n) is 13.6. The molecule has 4 N–H and O–H groups in total. The van der Waals surface area contributed by atoms with Gasteiger partial charge in [0.15, 0.2) is 5.60 Å². The van der Waals surface area contributed by atoms with Crippen molar-refractivity contribution in [2.45, 2.75) is 39.2 Å². The van der Waals surface area contributed by atoms with Gasteiger partial charge in [0, 0.05) is 0 Å². The van der Waals surface area contributed by atoms with Gasteiger partial charge in [-0.3, -0.25) is 9.59 Å². The van der Waals surface area contributed by atoms with Crippen molar-refractivity contribution in [3.05, 3.63) is 0 Å². The second kappa shape index (κ2) is 11.9. The van der Waals surface area contributed by atoms with Crippen molar-refractivity contribution in [2.24, 2.45) is 0 Å². The van der Waals surface area contributed by atoms with E-state index in [1.807, 2.05) is 0 Å². The molecule has 0 atom stereocenters. The smallest absolute Gasteiger partial charge is 0.466 e. The normalized spacial score (nSPS) is 11.0. The van der Waals surface area contributed by atoms with E-state index in [2.05, 4.69) is 14.2 Å². The van der Waals surface area contributed by atoms with E-state index < -0.39 is 44.2 Å². The van der Waals surface area contributed by atoms with Crippen LogP contribution in [0.4, 0.5) is 0 Å². The van der Waals surface area contributed by atoms with Crippen LogP contribution in [0.25, 0.3) is 0 Å². The van der Waals surface area contributed by atoms with E-state index >= 15 is 0 Å². The zero-order valence-corrected chi connectivity index (χ0v) is 14.5. The fourth-order valence-corrected chi connectivity index (χ4v) is 1.37. The number of ether oxygens (including phenoxy) is 3. The standard InChI is InChI=1S/C12H20O7.H3O4P/c1-4-17-9(13)7-12(16,11(15)19-6-3)8-10(14)18-5-2;1-5(2,3)4/h16H,4-8H2,1-3H3;(H3,1,2,3,4). The maximum atomic E-state index is 11.7. The zero-order chi connectivity index (χ0) is 19.4. The lowest BCUT2D eigenvalue weighted by Crippen LogP contribution is -2.44. The topological polar surface area (TPSA) is 177 Å². The van der Waals surface area contributed by atoms with Crippen LogP contribution in [0.2, 0.25) is 0 Å². The fourth-order valence-electron chi connectivity index (χ4n) is 1.37. The molecule has 0 saturated carbocycles. The van der Waals surface area contributed by atoms with E-state index in [1.54, 1.807) is 20.8 Å². The quantitative estimate of drug-likeness (QED) is 0.239. The molecule has 0 aliphatic heterocycles. The highest BCUT2D eigenvalue weighted by Gasteiger charge is 2.43. The number of rotatable bonds is 8. The Morgan fingerprint density at radius 2 is 1.12 bits per heavy atom. The maximum Gasteiger partial charge on any atom is 0.466 e.